The van der Waals surface area contributed by atoms with Crippen LogP contribution in [0.3, 0.4) is 0 Å². The molecule has 10 nitrogen and oxygen atoms in total. The van der Waals surface area contributed by atoms with E-state index in [-0.39, 0.29) is 32.0 Å². The first-order valence-electron chi connectivity index (χ1n) is 25.3. The van der Waals surface area contributed by atoms with Crippen LogP contribution in [0.4, 0.5) is 0 Å². The molecule has 1 heterocycles. The maximum atomic E-state index is 12.7. The molecule has 0 spiro atoms. The molecule has 4 N–H and O–H groups in total. The van der Waals surface area contributed by atoms with Crippen LogP contribution in [0.2, 0.25) is 0 Å². The molecular formula is C50H94O10. The molecule has 0 saturated carbocycles. The molecule has 0 aromatic heterocycles. The Bertz CT molecular complexity index is 990. The summed E-state index contributed by atoms with van der Waals surface area (Å²) in [4.78, 5) is 25.3. The lowest BCUT2D eigenvalue weighted by Crippen LogP contribution is -2.59. The highest BCUT2D eigenvalue weighted by atomic mass is 16.7. The summed E-state index contributed by atoms with van der Waals surface area (Å²) in [7, 11) is 0. The molecule has 60 heavy (non-hydrogen) atoms. The number of rotatable bonds is 43. The number of aliphatic hydroxyl groups excluding tert-OH is 4. The fourth-order valence-corrected chi connectivity index (χ4v) is 7.88. The highest BCUT2D eigenvalue weighted by Crippen LogP contribution is 2.23. The highest BCUT2D eigenvalue weighted by Gasteiger charge is 2.44. The third-order valence-electron chi connectivity index (χ3n) is 11.9. The summed E-state index contributed by atoms with van der Waals surface area (Å²) < 4.78 is 22.2. The van der Waals surface area contributed by atoms with Gasteiger partial charge in [-0.15, -0.1) is 0 Å². The molecule has 0 aliphatic carbocycles. The van der Waals surface area contributed by atoms with Gasteiger partial charge in [0.25, 0.3) is 0 Å². The van der Waals surface area contributed by atoms with E-state index in [0.717, 1.165) is 57.8 Å². The predicted octanol–water partition coefficient (Wildman–Crippen LogP) is 11.5. The maximum Gasteiger partial charge on any atom is 0.306 e. The number of carbonyl (C=O) groups is 2. The number of esters is 2. The molecule has 0 amide bonds. The Hall–Kier alpha value is -1.56. The van der Waals surface area contributed by atoms with Gasteiger partial charge in [-0.3, -0.25) is 9.59 Å². The Labute approximate surface area is 367 Å². The lowest BCUT2D eigenvalue weighted by atomic mass is 9.99. The van der Waals surface area contributed by atoms with Gasteiger partial charge in [0.2, 0.25) is 0 Å². The minimum absolute atomic E-state index is 0.215. The molecule has 0 aromatic carbocycles. The van der Waals surface area contributed by atoms with Gasteiger partial charge < -0.3 is 39.4 Å². The topological polar surface area (TPSA) is 152 Å². The van der Waals surface area contributed by atoms with Crippen molar-refractivity contribution in [3.8, 4) is 0 Å². The van der Waals surface area contributed by atoms with Gasteiger partial charge in [0, 0.05) is 12.8 Å². The van der Waals surface area contributed by atoms with E-state index in [1.54, 1.807) is 0 Å². The fourth-order valence-electron chi connectivity index (χ4n) is 7.88. The van der Waals surface area contributed by atoms with Crippen molar-refractivity contribution in [1.82, 2.24) is 0 Å². The van der Waals surface area contributed by atoms with E-state index in [0.29, 0.717) is 6.42 Å². The van der Waals surface area contributed by atoms with Gasteiger partial charge in [0.05, 0.1) is 13.2 Å². The lowest BCUT2D eigenvalue weighted by molar-refractivity contribution is -0.305. The largest absolute Gasteiger partial charge is 0.462 e. The third kappa shape index (κ3) is 32.2. The van der Waals surface area contributed by atoms with Crippen LogP contribution >= 0.6 is 0 Å². The first-order chi connectivity index (χ1) is 29.3. The van der Waals surface area contributed by atoms with Crippen molar-refractivity contribution in [3.05, 3.63) is 12.2 Å². The van der Waals surface area contributed by atoms with Crippen LogP contribution in [0.5, 0.6) is 0 Å². The second-order valence-corrected chi connectivity index (χ2v) is 17.6. The Balaban J connectivity index is 2.18. The Morgan fingerprint density at radius 3 is 1.35 bits per heavy atom. The number of hydrogen-bond acceptors (Lipinski definition) is 10. The minimum atomic E-state index is -1.59. The van der Waals surface area contributed by atoms with Crippen molar-refractivity contribution in [1.29, 1.82) is 0 Å². The maximum absolute atomic E-state index is 12.7. The zero-order valence-corrected chi connectivity index (χ0v) is 38.7. The summed E-state index contributed by atoms with van der Waals surface area (Å²) in [6, 6.07) is 0. The number of allylic oxidation sites excluding steroid dienone is 2. The predicted molar refractivity (Wildman–Crippen MR) is 243 cm³/mol. The smallest absolute Gasteiger partial charge is 0.306 e. The summed E-state index contributed by atoms with van der Waals surface area (Å²) in [6.07, 6.45) is 38.1. The molecule has 6 unspecified atom stereocenters. The molecule has 354 valence electrons. The van der Waals surface area contributed by atoms with E-state index in [2.05, 4.69) is 26.0 Å². The molecule has 0 aromatic rings. The van der Waals surface area contributed by atoms with Crippen LogP contribution in [0.25, 0.3) is 0 Å². The van der Waals surface area contributed by atoms with Gasteiger partial charge >= 0.3 is 11.9 Å². The second-order valence-electron chi connectivity index (χ2n) is 17.6. The van der Waals surface area contributed by atoms with E-state index in [9.17, 15) is 30.0 Å². The Morgan fingerprint density at radius 2 is 0.900 bits per heavy atom. The minimum Gasteiger partial charge on any atom is -0.462 e. The summed E-state index contributed by atoms with van der Waals surface area (Å²) in [6.45, 7) is 3.41. The summed E-state index contributed by atoms with van der Waals surface area (Å²) in [5.74, 6) is -0.805. The number of hydrogen-bond donors (Lipinski definition) is 4. The Morgan fingerprint density at radius 1 is 0.500 bits per heavy atom. The van der Waals surface area contributed by atoms with Crippen LogP contribution in [0.15, 0.2) is 12.2 Å². The van der Waals surface area contributed by atoms with Gasteiger partial charge in [0.1, 0.15) is 31.0 Å². The Kier molecular flexibility index (Phi) is 39.0. The molecule has 0 radical (unpaired) electrons. The zero-order valence-electron chi connectivity index (χ0n) is 38.7. The first kappa shape index (κ1) is 56.5. The molecule has 1 fully saturated rings. The summed E-state index contributed by atoms with van der Waals surface area (Å²) in [5, 5.41) is 40.1. The molecule has 1 aliphatic rings. The summed E-state index contributed by atoms with van der Waals surface area (Å²) >= 11 is 0. The van der Waals surface area contributed by atoms with E-state index in [4.69, 9.17) is 18.9 Å². The van der Waals surface area contributed by atoms with E-state index < -0.39 is 49.4 Å². The van der Waals surface area contributed by atoms with Gasteiger partial charge in [-0.2, -0.15) is 0 Å². The van der Waals surface area contributed by atoms with E-state index >= 15 is 0 Å². The van der Waals surface area contributed by atoms with Crippen molar-refractivity contribution in [2.24, 2.45) is 0 Å². The number of aliphatic hydroxyl groups is 4. The number of ether oxygens (including phenoxy) is 4. The first-order valence-corrected chi connectivity index (χ1v) is 25.3. The van der Waals surface area contributed by atoms with Crippen molar-refractivity contribution >= 4 is 11.9 Å². The van der Waals surface area contributed by atoms with Crippen molar-refractivity contribution in [2.75, 3.05) is 19.8 Å². The van der Waals surface area contributed by atoms with Crippen LogP contribution < -0.4 is 0 Å². The standard InChI is InChI=1S/C50H94O10/c1-3-5-7-9-11-13-15-16-17-18-19-20-21-22-23-24-25-26-27-29-30-32-34-36-38-45(52)57-41-43(42-58-50-49(56)48(55)47(54)44(40-51)60-50)59-46(53)39-37-35-33-31-28-14-12-10-8-6-4-2/h10,12,43-44,47-51,54-56H,3-9,11,13-42H2,1-2H3/b12-10-. The van der Waals surface area contributed by atoms with Crippen LogP contribution in [-0.2, 0) is 28.5 Å². The van der Waals surface area contributed by atoms with Crippen molar-refractivity contribution in [3.63, 3.8) is 0 Å². The second kappa shape index (κ2) is 41.5. The molecule has 10 heteroatoms. The highest BCUT2D eigenvalue weighted by molar-refractivity contribution is 5.70. The van der Waals surface area contributed by atoms with Crippen LogP contribution in [0.1, 0.15) is 239 Å². The fraction of sp³-hybridized carbons (Fsp3) is 0.920. The average Bonchev–Trinajstić information content (AvgIpc) is 3.25. The van der Waals surface area contributed by atoms with Gasteiger partial charge in [-0.25, -0.2) is 0 Å². The number of carbonyl (C=O) groups excluding carboxylic acids is 2. The molecule has 6 atom stereocenters. The quantitative estimate of drug-likeness (QED) is 0.0265. The van der Waals surface area contributed by atoms with Crippen LogP contribution in [0, 0.1) is 0 Å². The molecule has 1 rings (SSSR count). The molecule has 1 aliphatic heterocycles. The third-order valence-corrected chi connectivity index (χ3v) is 11.9. The molecule has 0 bridgehead atoms. The lowest BCUT2D eigenvalue weighted by Gasteiger charge is -2.39. The monoisotopic (exact) mass is 855 g/mol. The van der Waals surface area contributed by atoms with Crippen LogP contribution in [-0.4, -0.2) is 89.0 Å². The molecular weight excluding hydrogens is 761 g/mol. The SMILES string of the molecule is CCCC/C=C\CCCCCCCC(=O)OC(COC(=O)CCCCCCCCCCCCCCCCCCCCCCCCCC)COC1OC(CO)C(O)C(O)C1O. The van der Waals surface area contributed by atoms with Crippen molar-refractivity contribution in [2.45, 2.75) is 275 Å². The average molecular weight is 855 g/mol. The molecule has 1 saturated heterocycles. The van der Waals surface area contributed by atoms with Crippen molar-refractivity contribution < 1.29 is 49.0 Å². The van der Waals surface area contributed by atoms with E-state index in [1.165, 1.54) is 148 Å². The summed E-state index contributed by atoms with van der Waals surface area (Å²) in [5.41, 5.74) is 0. The van der Waals surface area contributed by atoms with Gasteiger partial charge in [-0.1, -0.05) is 206 Å². The number of unbranched alkanes of at least 4 members (excludes halogenated alkanes) is 30. The zero-order chi connectivity index (χ0) is 43.7. The van der Waals surface area contributed by atoms with E-state index in [1.807, 2.05) is 0 Å². The van der Waals surface area contributed by atoms with Gasteiger partial charge in [0.15, 0.2) is 12.4 Å². The normalized spacial score (nSPS) is 19.9. The van der Waals surface area contributed by atoms with Gasteiger partial charge in [-0.05, 0) is 32.1 Å².